The Morgan fingerprint density at radius 1 is 1.03 bits per heavy atom. The van der Waals surface area contributed by atoms with Crippen molar-refractivity contribution in [2.45, 2.75) is 37.3 Å². The number of phenolic OH excluding ortho intramolecular Hbond substituents is 1. The van der Waals surface area contributed by atoms with Crippen molar-refractivity contribution < 1.29 is 27.0 Å². The standard InChI is InChI=1S/C21H31N3O6S2/c1-15(2)13-24(14-21(26)18(22)11-16-7-5-4-6-8-16)32(29,30)17-9-10-20(25)19(12-17)23-31(3,27)28/h4-10,12,15,18,21,23,25-26H,11,13-14,22H2,1-3H3. The van der Waals surface area contributed by atoms with Gasteiger partial charge >= 0.3 is 0 Å². The SMILES string of the molecule is CC(C)CN(CC(O)C(N)Cc1ccccc1)S(=O)(=O)c1ccc(O)c(NS(C)(=O)=O)c1. The number of aliphatic hydroxyl groups excluding tert-OH is 1. The van der Waals surface area contributed by atoms with E-state index in [-0.39, 0.29) is 29.6 Å². The lowest BCUT2D eigenvalue weighted by Gasteiger charge is -2.29. The van der Waals surface area contributed by atoms with Gasteiger partial charge in [-0.05, 0) is 36.1 Å². The zero-order valence-corrected chi connectivity index (χ0v) is 20.0. The predicted octanol–water partition coefficient (Wildman–Crippen LogP) is 1.34. The summed E-state index contributed by atoms with van der Waals surface area (Å²) in [6.45, 7) is 3.57. The van der Waals surface area contributed by atoms with Gasteiger partial charge in [0.2, 0.25) is 20.0 Å². The molecule has 0 bridgehead atoms. The van der Waals surface area contributed by atoms with E-state index >= 15 is 0 Å². The van der Waals surface area contributed by atoms with Gasteiger partial charge in [-0.2, -0.15) is 4.31 Å². The van der Waals surface area contributed by atoms with E-state index in [0.29, 0.717) is 6.42 Å². The fourth-order valence-electron chi connectivity index (χ4n) is 3.15. The summed E-state index contributed by atoms with van der Waals surface area (Å²) < 4.78 is 53.0. The van der Waals surface area contributed by atoms with Crippen molar-refractivity contribution in [1.82, 2.24) is 4.31 Å². The first-order chi connectivity index (χ1) is 14.8. The Bertz CT molecular complexity index is 1110. The Labute approximate surface area is 190 Å². The number of hydrogen-bond donors (Lipinski definition) is 4. The van der Waals surface area contributed by atoms with Crippen LogP contribution in [0, 0.1) is 5.92 Å². The molecule has 0 heterocycles. The molecule has 2 aromatic carbocycles. The van der Waals surface area contributed by atoms with Crippen LogP contribution >= 0.6 is 0 Å². The molecule has 0 fully saturated rings. The lowest BCUT2D eigenvalue weighted by atomic mass is 10.0. The van der Waals surface area contributed by atoms with E-state index in [4.69, 9.17) is 5.73 Å². The number of phenols is 1. The number of aromatic hydroxyl groups is 1. The molecule has 0 saturated carbocycles. The van der Waals surface area contributed by atoms with Crippen LogP contribution in [0.3, 0.4) is 0 Å². The third kappa shape index (κ3) is 7.45. The van der Waals surface area contributed by atoms with Crippen molar-refractivity contribution in [3.63, 3.8) is 0 Å². The van der Waals surface area contributed by atoms with Gasteiger partial charge in [-0.3, -0.25) is 4.72 Å². The lowest BCUT2D eigenvalue weighted by Crippen LogP contribution is -2.47. The molecule has 9 nitrogen and oxygen atoms in total. The summed E-state index contributed by atoms with van der Waals surface area (Å²) in [7, 11) is -7.86. The normalized spacial score (nSPS) is 14.5. The molecule has 0 amide bonds. The maximum absolute atomic E-state index is 13.3. The quantitative estimate of drug-likeness (QED) is 0.351. The number of nitrogens with zero attached hydrogens (tertiary/aromatic N) is 1. The van der Waals surface area contributed by atoms with Crippen molar-refractivity contribution in [1.29, 1.82) is 0 Å². The molecule has 2 atom stereocenters. The smallest absolute Gasteiger partial charge is 0.243 e. The molecule has 32 heavy (non-hydrogen) atoms. The second-order valence-corrected chi connectivity index (χ2v) is 11.9. The summed E-state index contributed by atoms with van der Waals surface area (Å²) in [5.74, 6) is -0.456. The first-order valence-corrected chi connectivity index (χ1v) is 13.4. The van der Waals surface area contributed by atoms with Gasteiger partial charge in [0.1, 0.15) is 5.75 Å². The van der Waals surface area contributed by atoms with Gasteiger partial charge in [0, 0.05) is 19.1 Å². The first-order valence-electron chi connectivity index (χ1n) is 10.1. The minimum Gasteiger partial charge on any atom is -0.506 e. The Hall–Kier alpha value is -2.18. The van der Waals surface area contributed by atoms with E-state index in [0.717, 1.165) is 28.3 Å². The van der Waals surface area contributed by atoms with Crippen LogP contribution in [0.5, 0.6) is 5.75 Å². The molecular weight excluding hydrogens is 454 g/mol. The Morgan fingerprint density at radius 3 is 2.22 bits per heavy atom. The molecule has 2 aromatic rings. The van der Waals surface area contributed by atoms with Crippen LogP contribution in [-0.4, -0.2) is 62.8 Å². The number of benzene rings is 2. The number of sulfonamides is 2. The summed E-state index contributed by atoms with van der Waals surface area (Å²) in [6.07, 6.45) is 0.136. The largest absolute Gasteiger partial charge is 0.506 e. The number of rotatable bonds is 11. The second kappa shape index (κ2) is 10.6. The van der Waals surface area contributed by atoms with E-state index in [9.17, 15) is 27.0 Å². The van der Waals surface area contributed by atoms with Crippen LogP contribution in [0.25, 0.3) is 0 Å². The molecule has 2 rings (SSSR count). The summed E-state index contributed by atoms with van der Waals surface area (Å²) in [5, 5.41) is 20.6. The van der Waals surface area contributed by atoms with Crippen LogP contribution in [0.15, 0.2) is 53.4 Å². The van der Waals surface area contributed by atoms with Gasteiger partial charge in [-0.25, -0.2) is 16.8 Å². The molecule has 0 saturated heterocycles. The van der Waals surface area contributed by atoms with Crippen LogP contribution in [0.1, 0.15) is 19.4 Å². The average molecular weight is 486 g/mol. The first kappa shape index (κ1) is 26.1. The number of anilines is 1. The van der Waals surface area contributed by atoms with Crippen LogP contribution in [0.2, 0.25) is 0 Å². The maximum atomic E-state index is 13.3. The lowest BCUT2D eigenvalue weighted by molar-refractivity contribution is 0.116. The van der Waals surface area contributed by atoms with E-state index in [1.54, 1.807) is 0 Å². The van der Waals surface area contributed by atoms with E-state index in [1.807, 2.05) is 44.2 Å². The number of nitrogens with two attached hydrogens (primary N) is 1. The average Bonchev–Trinajstić information content (AvgIpc) is 2.68. The minimum atomic E-state index is -4.12. The summed E-state index contributed by atoms with van der Waals surface area (Å²) in [4.78, 5) is -0.217. The summed E-state index contributed by atoms with van der Waals surface area (Å²) >= 11 is 0. The van der Waals surface area contributed by atoms with Gasteiger partial charge in [0.15, 0.2) is 0 Å². The van der Waals surface area contributed by atoms with Crippen LogP contribution in [-0.2, 0) is 26.5 Å². The van der Waals surface area contributed by atoms with Crippen LogP contribution < -0.4 is 10.5 Å². The Balaban J connectivity index is 2.30. The highest BCUT2D eigenvalue weighted by Gasteiger charge is 2.30. The molecule has 2 unspecified atom stereocenters. The zero-order valence-electron chi connectivity index (χ0n) is 18.3. The van der Waals surface area contributed by atoms with Crippen LogP contribution in [0.4, 0.5) is 5.69 Å². The fourth-order valence-corrected chi connectivity index (χ4v) is 5.36. The Morgan fingerprint density at radius 2 is 1.66 bits per heavy atom. The molecule has 0 aliphatic rings. The highest BCUT2D eigenvalue weighted by atomic mass is 32.2. The molecule has 0 aliphatic heterocycles. The van der Waals surface area contributed by atoms with Gasteiger partial charge in [-0.15, -0.1) is 0 Å². The van der Waals surface area contributed by atoms with Gasteiger partial charge < -0.3 is 15.9 Å². The molecule has 0 aromatic heterocycles. The molecule has 0 radical (unpaired) electrons. The number of nitrogens with one attached hydrogen (secondary N) is 1. The minimum absolute atomic E-state index is 0.0481. The van der Waals surface area contributed by atoms with Crippen molar-refractivity contribution in [3.05, 3.63) is 54.1 Å². The van der Waals surface area contributed by atoms with E-state index < -0.39 is 37.9 Å². The van der Waals surface area contributed by atoms with Crippen molar-refractivity contribution in [2.75, 3.05) is 24.1 Å². The summed E-state index contributed by atoms with van der Waals surface area (Å²) in [5.41, 5.74) is 6.82. The highest BCUT2D eigenvalue weighted by molar-refractivity contribution is 7.92. The molecule has 0 aliphatic carbocycles. The monoisotopic (exact) mass is 485 g/mol. The fraction of sp³-hybridized carbons (Fsp3) is 0.429. The van der Waals surface area contributed by atoms with Crippen molar-refractivity contribution in [2.24, 2.45) is 11.7 Å². The molecule has 5 N–H and O–H groups in total. The highest BCUT2D eigenvalue weighted by Crippen LogP contribution is 2.29. The number of aliphatic hydroxyl groups is 1. The third-order valence-corrected chi connectivity index (χ3v) is 7.09. The van der Waals surface area contributed by atoms with Gasteiger partial charge in [0.05, 0.1) is 22.9 Å². The van der Waals surface area contributed by atoms with Crippen molar-refractivity contribution in [3.8, 4) is 5.75 Å². The predicted molar refractivity (Wildman–Crippen MR) is 124 cm³/mol. The topological polar surface area (TPSA) is 150 Å². The van der Waals surface area contributed by atoms with E-state index in [2.05, 4.69) is 4.72 Å². The number of hydrogen-bond acceptors (Lipinski definition) is 7. The van der Waals surface area contributed by atoms with Crippen molar-refractivity contribution >= 4 is 25.7 Å². The maximum Gasteiger partial charge on any atom is 0.243 e. The Kier molecular flexibility index (Phi) is 8.66. The zero-order chi connectivity index (χ0) is 24.1. The molecular formula is C21H31N3O6S2. The molecule has 0 spiro atoms. The van der Waals surface area contributed by atoms with Gasteiger partial charge in [0.25, 0.3) is 0 Å². The second-order valence-electron chi connectivity index (χ2n) is 8.19. The summed E-state index contributed by atoms with van der Waals surface area (Å²) in [6, 6.07) is 12.0. The molecule has 11 heteroatoms. The molecule has 178 valence electrons. The third-order valence-electron chi connectivity index (χ3n) is 4.67. The van der Waals surface area contributed by atoms with Gasteiger partial charge in [-0.1, -0.05) is 44.2 Å². The van der Waals surface area contributed by atoms with E-state index in [1.165, 1.54) is 6.07 Å².